The number of nitrogens with zero attached hydrogens (tertiary/aromatic N) is 3. The molecule has 2 aromatic heterocycles. The number of hydrogen-bond donors (Lipinski definition) is 2. The molecule has 9 heteroatoms. The molecule has 7 nitrogen and oxygen atoms in total. The Hall–Kier alpha value is -2.55. The maximum absolute atomic E-state index is 13.1. The molecule has 2 amide bonds. The first-order valence-electron chi connectivity index (χ1n) is 7.11. The van der Waals surface area contributed by atoms with E-state index in [1.165, 1.54) is 23.5 Å². The molecular formula is C14H12FN5O2S. The van der Waals surface area contributed by atoms with Crippen molar-refractivity contribution in [3.05, 3.63) is 34.7 Å². The molecule has 1 fully saturated rings. The number of halogens is 1. The Labute approximate surface area is 133 Å². The number of anilines is 1. The molecule has 2 N–H and O–H groups in total. The van der Waals surface area contributed by atoms with E-state index in [-0.39, 0.29) is 6.54 Å². The highest BCUT2D eigenvalue weighted by Gasteiger charge is 2.27. The molecule has 3 aromatic rings. The van der Waals surface area contributed by atoms with Gasteiger partial charge in [0.15, 0.2) is 5.58 Å². The predicted octanol–water partition coefficient (Wildman–Crippen LogP) is 3.02. The van der Waals surface area contributed by atoms with E-state index >= 15 is 0 Å². The molecule has 23 heavy (non-hydrogen) atoms. The molecule has 0 aliphatic heterocycles. The molecule has 4 rings (SSSR count). The molecule has 0 unspecified atom stereocenters. The van der Waals surface area contributed by atoms with Crippen LogP contribution in [0.2, 0.25) is 0 Å². The second kappa shape index (κ2) is 5.58. The number of rotatable bonds is 4. The Morgan fingerprint density at radius 2 is 2.26 bits per heavy atom. The molecule has 118 valence electrons. The van der Waals surface area contributed by atoms with E-state index in [4.69, 9.17) is 4.52 Å². The summed E-state index contributed by atoms with van der Waals surface area (Å²) in [6.07, 6.45) is 2.28. The molecular weight excluding hydrogens is 321 g/mol. The summed E-state index contributed by atoms with van der Waals surface area (Å²) in [6.45, 7) is 0.165. The fourth-order valence-corrected chi connectivity index (χ4v) is 3.08. The topological polar surface area (TPSA) is 92.9 Å². The van der Waals surface area contributed by atoms with Crippen molar-refractivity contribution < 1.29 is 13.7 Å². The highest BCUT2D eigenvalue weighted by atomic mass is 32.1. The Morgan fingerprint density at radius 3 is 3.09 bits per heavy atom. The summed E-state index contributed by atoms with van der Waals surface area (Å²) in [6, 6.07) is 3.75. The molecule has 2 heterocycles. The summed E-state index contributed by atoms with van der Waals surface area (Å²) >= 11 is 1.39. The number of aromatic nitrogens is 3. The third kappa shape index (κ3) is 3.00. The van der Waals surface area contributed by atoms with E-state index in [0.717, 1.165) is 17.8 Å². The standard InChI is InChI=1S/C14H12FN5O2S/c15-8-3-4-9-10(20-22-11(9)5-8)6-16-13(21)17-14-19-18-12(23-14)7-1-2-7/h3-5,7H,1-2,6H2,(H2,16,17,19,21). The number of carbonyl (C=O) groups is 1. The molecule has 0 saturated heterocycles. The van der Waals surface area contributed by atoms with E-state index in [1.54, 1.807) is 6.07 Å². The molecule has 0 atom stereocenters. The maximum atomic E-state index is 13.1. The lowest BCUT2D eigenvalue weighted by molar-refractivity contribution is 0.251. The first-order valence-corrected chi connectivity index (χ1v) is 7.93. The molecule has 1 aromatic carbocycles. The lowest BCUT2D eigenvalue weighted by Crippen LogP contribution is -2.28. The number of amides is 2. The van der Waals surface area contributed by atoms with E-state index in [9.17, 15) is 9.18 Å². The van der Waals surface area contributed by atoms with Gasteiger partial charge < -0.3 is 9.84 Å². The first kappa shape index (κ1) is 14.1. The average molecular weight is 333 g/mol. The van der Waals surface area contributed by atoms with Gasteiger partial charge in [0.2, 0.25) is 5.13 Å². The van der Waals surface area contributed by atoms with E-state index < -0.39 is 11.8 Å². The number of urea groups is 1. The number of fused-ring (bicyclic) bond motifs is 1. The van der Waals surface area contributed by atoms with Gasteiger partial charge in [-0.2, -0.15) is 0 Å². The van der Waals surface area contributed by atoms with E-state index in [2.05, 4.69) is 26.0 Å². The van der Waals surface area contributed by atoms with Gasteiger partial charge in [-0.1, -0.05) is 16.5 Å². The first-order chi connectivity index (χ1) is 11.2. The zero-order valence-electron chi connectivity index (χ0n) is 11.9. The number of carbonyl (C=O) groups excluding carboxylic acids is 1. The van der Waals surface area contributed by atoms with Crippen LogP contribution in [-0.2, 0) is 6.54 Å². The Kier molecular flexibility index (Phi) is 3.41. The van der Waals surface area contributed by atoms with Gasteiger partial charge >= 0.3 is 6.03 Å². The highest BCUT2D eigenvalue weighted by Crippen LogP contribution is 2.41. The van der Waals surface area contributed by atoms with Crippen molar-refractivity contribution in [3.8, 4) is 0 Å². The van der Waals surface area contributed by atoms with Gasteiger partial charge in [0.05, 0.1) is 6.54 Å². The zero-order chi connectivity index (χ0) is 15.8. The zero-order valence-corrected chi connectivity index (χ0v) is 12.7. The molecule has 0 spiro atoms. The summed E-state index contributed by atoms with van der Waals surface area (Å²) in [7, 11) is 0. The number of benzene rings is 1. The SMILES string of the molecule is O=C(NCc1noc2cc(F)ccc12)Nc1nnc(C2CC2)s1. The molecule has 1 saturated carbocycles. The minimum atomic E-state index is -0.401. The summed E-state index contributed by atoms with van der Waals surface area (Å²) in [4.78, 5) is 11.9. The average Bonchev–Trinajstić information content (AvgIpc) is 3.15. The van der Waals surface area contributed by atoms with Crippen LogP contribution >= 0.6 is 11.3 Å². The van der Waals surface area contributed by atoms with Crippen LogP contribution in [0.4, 0.5) is 14.3 Å². The van der Waals surface area contributed by atoms with Gasteiger partial charge in [0, 0.05) is 17.4 Å². The quantitative estimate of drug-likeness (QED) is 0.765. The normalized spacial score (nSPS) is 14.1. The van der Waals surface area contributed by atoms with Gasteiger partial charge in [-0.25, -0.2) is 9.18 Å². The summed E-state index contributed by atoms with van der Waals surface area (Å²) < 4.78 is 18.1. The van der Waals surface area contributed by atoms with Gasteiger partial charge in [-0.3, -0.25) is 5.32 Å². The number of nitrogens with one attached hydrogen (secondary N) is 2. The smallest absolute Gasteiger partial charge is 0.321 e. The molecule has 0 radical (unpaired) electrons. The van der Waals surface area contributed by atoms with Gasteiger partial charge in [-0.05, 0) is 25.0 Å². The Bertz CT molecular complexity index is 873. The van der Waals surface area contributed by atoms with Crippen LogP contribution < -0.4 is 10.6 Å². The molecule has 0 bridgehead atoms. The Balaban J connectivity index is 1.38. The van der Waals surface area contributed by atoms with Crippen LogP contribution in [0.1, 0.15) is 29.5 Å². The van der Waals surface area contributed by atoms with Crippen LogP contribution in [0.3, 0.4) is 0 Å². The van der Waals surface area contributed by atoms with Crippen LogP contribution in [0.5, 0.6) is 0 Å². The van der Waals surface area contributed by atoms with Crippen LogP contribution in [0, 0.1) is 5.82 Å². The predicted molar refractivity (Wildman–Crippen MR) is 81.7 cm³/mol. The van der Waals surface area contributed by atoms with Gasteiger partial charge in [0.1, 0.15) is 16.5 Å². The van der Waals surface area contributed by atoms with Crippen LogP contribution in [0.25, 0.3) is 11.0 Å². The van der Waals surface area contributed by atoms with Crippen molar-refractivity contribution in [2.45, 2.75) is 25.3 Å². The fourth-order valence-electron chi connectivity index (χ4n) is 2.18. The van der Waals surface area contributed by atoms with Crippen molar-refractivity contribution in [1.29, 1.82) is 0 Å². The van der Waals surface area contributed by atoms with Gasteiger partial charge in [0.25, 0.3) is 0 Å². The van der Waals surface area contributed by atoms with Crippen LogP contribution in [-0.4, -0.2) is 21.4 Å². The van der Waals surface area contributed by atoms with Crippen molar-refractivity contribution in [2.24, 2.45) is 0 Å². The highest BCUT2D eigenvalue weighted by molar-refractivity contribution is 7.15. The number of hydrogen-bond acceptors (Lipinski definition) is 6. The summed E-state index contributed by atoms with van der Waals surface area (Å²) in [5.41, 5.74) is 0.881. The fraction of sp³-hybridized carbons (Fsp3) is 0.286. The third-order valence-electron chi connectivity index (χ3n) is 3.51. The summed E-state index contributed by atoms with van der Waals surface area (Å²) in [5.74, 6) is 0.113. The lowest BCUT2D eigenvalue weighted by atomic mass is 10.2. The second-order valence-electron chi connectivity index (χ2n) is 5.30. The Morgan fingerprint density at radius 1 is 1.39 bits per heavy atom. The van der Waals surface area contributed by atoms with Crippen molar-refractivity contribution in [1.82, 2.24) is 20.7 Å². The van der Waals surface area contributed by atoms with Gasteiger partial charge in [-0.15, -0.1) is 10.2 Å². The van der Waals surface area contributed by atoms with Crippen molar-refractivity contribution in [2.75, 3.05) is 5.32 Å². The van der Waals surface area contributed by atoms with Crippen molar-refractivity contribution in [3.63, 3.8) is 0 Å². The minimum Gasteiger partial charge on any atom is -0.356 e. The molecule has 1 aliphatic rings. The minimum absolute atomic E-state index is 0.165. The largest absolute Gasteiger partial charge is 0.356 e. The second-order valence-corrected chi connectivity index (χ2v) is 6.31. The third-order valence-corrected chi connectivity index (χ3v) is 4.51. The van der Waals surface area contributed by atoms with Crippen molar-refractivity contribution >= 4 is 33.5 Å². The lowest BCUT2D eigenvalue weighted by Gasteiger charge is -2.02. The van der Waals surface area contributed by atoms with Crippen LogP contribution in [0.15, 0.2) is 22.7 Å². The maximum Gasteiger partial charge on any atom is 0.321 e. The molecule has 1 aliphatic carbocycles. The van der Waals surface area contributed by atoms with E-state index in [0.29, 0.717) is 27.7 Å². The monoisotopic (exact) mass is 333 g/mol. The van der Waals surface area contributed by atoms with E-state index in [1.807, 2.05) is 0 Å². The summed E-state index contributed by atoms with van der Waals surface area (Å²) in [5, 5.41) is 19.2.